The van der Waals surface area contributed by atoms with E-state index >= 15 is 0 Å². The highest BCUT2D eigenvalue weighted by Gasteiger charge is 2.37. The maximum atomic E-state index is 12.8. The van der Waals surface area contributed by atoms with Crippen molar-refractivity contribution >= 4 is 21.5 Å². The Morgan fingerprint density at radius 2 is 1.27 bits per heavy atom. The molecule has 0 bridgehead atoms. The van der Waals surface area contributed by atoms with Crippen molar-refractivity contribution in [2.75, 3.05) is 11.5 Å². The summed E-state index contributed by atoms with van der Waals surface area (Å²) in [5, 5.41) is 0. The fraction of sp³-hybridized carbons (Fsp3) is 0.143. The maximum absolute atomic E-state index is 12.8. The van der Waals surface area contributed by atoms with Crippen LogP contribution in [0.3, 0.4) is 0 Å². The lowest BCUT2D eigenvalue weighted by Gasteiger charge is -2.15. The van der Waals surface area contributed by atoms with E-state index in [2.05, 4.69) is 4.18 Å². The molecule has 142 valence electrons. The third-order valence-corrected chi connectivity index (χ3v) is 4.36. The molecule has 0 aliphatic heterocycles. The number of hydrogen-bond donors (Lipinski definition) is 2. The number of nitrogen functional groups attached to an aromatic ring is 2. The lowest BCUT2D eigenvalue weighted by Crippen LogP contribution is -2.14. The van der Waals surface area contributed by atoms with Crippen LogP contribution in [0, 0.1) is 0 Å². The van der Waals surface area contributed by atoms with Crippen molar-refractivity contribution in [1.82, 2.24) is 0 Å². The van der Waals surface area contributed by atoms with E-state index in [0.717, 1.165) is 18.2 Å². The van der Waals surface area contributed by atoms with Gasteiger partial charge in [0.05, 0.1) is 22.5 Å². The Labute approximate surface area is 143 Å². The summed E-state index contributed by atoms with van der Waals surface area (Å²) in [4.78, 5) is -0.588. The summed E-state index contributed by atoms with van der Waals surface area (Å²) in [7, 11) is -4.75. The summed E-state index contributed by atoms with van der Waals surface area (Å²) in [6.45, 7) is 0. The maximum Gasteiger partial charge on any atom is 0.416 e. The molecule has 26 heavy (non-hydrogen) atoms. The average molecular weight is 400 g/mol. The van der Waals surface area contributed by atoms with Crippen molar-refractivity contribution in [1.29, 1.82) is 0 Å². The Hall–Kier alpha value is -2.63. The highest BCUT2D eigenvalue weighted by atomic mass is 32.2. The fourth-order valence-corrected chi connectivity index (χ4v) is 2.81. The smallest absolute Gasteiger partial charge is 0.397 e. The van der Waals surface area contributed by atoms with Gasteiger partial charge in [-0.1, -0.05) is 0 Å². The summed E-state index contributed by atoms with van der Waals surface area (Å²) in [5.74, 6) is -1.15. The van der Waals surface area contributed by atoms with Crippen LogP contribution in [0.1, 0.15) is 11.1 Å². The predicted molar refractivity (Wildman–Crippen MR) is 79.5 cm³/mol. The molecule has 0 heterocycles. The van der Waals surface area contributed by atoms with Crippen molar-refractivity contribution in [2.24, 2.45) is 0 Å². The second-order valence-electron chi connectivity index (χ2n) is 5.07. The largest absolute Gasteiger partial charge is 0.416 e. The van der Waals surface area contributed by atoms with Crippen molar-refractivity contribution in [3.05, 3.63) is 47.5 Å². The molecule has 0 radical (unpaired) electrons. The monoisotopic (exact) mass is 400 g/mol. The molecule has 0 spiro atoms. The molecule has 0 atom stereocenters. The highest BCUT2D eigenvalue weighted by Crippen LogP contribution is 2.38. The van der Waals surface area contributed by atoms with Crippen molar-refractivity contribution in [3.8, 4) is 5.75 Å². The molecule has 5 nitrogen and oxygen atoms in total. The topological polar surface area (TPSA) is 95.4 Å². The van der Waals surface area contributed by atoms with E-state index < -0.39 is 44.2 Å². The number of alkyl halides is 6. The van der Waals surface area contributed by atoms with Crippen LogP contribution >= 0.6 is 0 Å². The molecule has 0 fully saturated rings. The minimum absolute atomic E-state index is 0.0300. The van der Waals surface area contributed by atoms with Gasteiger partial charge in [0.2, 0.25) is 0 Å². The normalized spacial score (nSPS) is 12.8. The van der Waals surface area contributed by atoms with Crippen LogP contribution in [0.5, 0.6) is 5.75 Å². The van der Waals surface area contributed by atoms with E-state index in [4.69, 9.17) is 11.5 Å². The third-order valence-electron chi connectivity index (χ3n) is 3.11. The van der Waals surface area contributed by atoms with Crippen LogP contribution in [0.25, 0.3) is 0 Å². The van der Waals surface area contributed by atoms with Gasteiger partial charge in [-0.05, 0) is 36.4 Å². The van der Waals surface area contributed by atoms with Gasteiger partial charge in [-0.25, -0.2) is 0 Å². The standard InChI is InChI=1S/C14H10F6N2O3S/c15-13(16,17)7-3-8(14(18,19)20)5-9(4-7)25-26(23,24)10-1-2-11(21)12(22)6-10/h1-6H,21-22H2. The number of benzene rings is 2. The first kappa shape index (κ1) is 19.7. The van der Waals surface area contributed by atoms with Crippen LogP contribution in [-0.2, 0) is 22.5 Å². The second-order valence-corrected chi connectivity index (χ2v) is 6.62. The zero-order chi connectivity index (χ0) is 19.9. The summed E-state index contributed by atoms with van der Waals surface area (Å²) in [5.41, 5.74) is 7.29. The Bertz CT molecular complexity index is 906. The first-order valence-electron chi connectivity index (χ1n) is 6.59. The molecular formula is C14H10F6N2O3S. The predicted octanol–water partition coefficient (Wildman–Crippen LogP) is 3.66. The van der Waals surface area contributed by atoms with Crippen LogP contribution < -0.4 is 15.7 Å². The second kappa shape index (κ2) is 6.27. The zero-order valence-corrected chi connectivity index (χ0v) is 13.3. The van der Waals surface area contributed by atoms with E-state index in [-0.39, 0.29) is 29.6 Å². The summed E-state index contributed by atoms with van der Waals surface area (Å²) in [6, 6.07) is 3.04. The average Bonchev–Trinajstić information content (AvgIpc) is 2.47. The molecule has 0 saturated carbocycles. The van der Waals surface area contributed by atoms with Crippen molar-refractivity contribution in [2.45, 2.75) is 17.2 Å². The van der Waals surface area contributed by atoms with Gasteiger partial charge in [-0.3, -0.25) is 0 Å². The summed E-state index contributed by atoms with van der Waals surface area (Å²) in [6.07, 6.45) is -10.3. The molecule has 12 heteroatoms. The molecular weight excluding hydrogens is 390 g/mol. The van der Waals surface area contributed by atoms with E-state index in [1.807, 2.05) is 0 Å². The van der Waals surface area contributed by atoms with Gasteiger partial charge in [0, 0.05) is 0 Å². The molecule has 0 unspecified atom stereocenters. The molecule has 0 aliphatic carbocycles. The SMILES string of the molecule is Nc1ccc(S(=O)(=O)Oc2cc(C(F)(F)F)cc(C(F)(F)F)c2)cc1N. The first-order chi connectivity index (χ1) is 11.7. The number of nitrogens with two attached hydrogens (primary N) is 2. The van der Waals surface area contributed by atoms with E-state index in [0.29, 0.717) is 0 Å². The first-order valence-corrected chi connectivity index (χ1v) is 8.00. The summed E-state index contributed by atoms with van der Waals surface area (Å²) >= 11 is 0. The van der Waals surface area contributed by atoms with Gasteiger partial charge in [0.25, 0.3) is 0 Å². The number of hydrogen-bond acceptors (Lipinski definition) is 5. The van der Waals surface area contributed by atoms with Gasteiger partial charge >= 0.3 is 22.5 Å². The molecule has 4 N–H and O–H groups in total. The van der Waals surface area contributed by atoms with Crippen molar-refractivity contribution in [3.63, 3.8) is 0 Å². The third kappa shape index (κ3) is 4.31. The molecule has 0 aromatic heterocycles. The van der Waals surface area contributed by atoms with Gasteiger partial charge in [-0.2, -0.15) is 34.8 Å². The van der Waals surface area contributed by atoms with Crippen molar-refractivity contribution < 1.29 is 38.9 Å². The highest BCUT2D eigenvalue weighted by molar-refractivity contribution is 7.87. The number of rotatable bonds is 3. The van der Waals surface area contributed by atoms with E-state index in [1.54, 1.807) is 0 Å². The van der Waals surface area contributed by atoms with Crippen LogP contribution in [0.2, 0.25) is 0 Å². The molecule has 2 rings (SSSR count). The van der Waals surface area contributed by atoms with Crippen LogP contribution in [0.15, 0.2) is 41.3 Å². The number of anilines is 2. The zero-order valence-electron chi connectivity index (χ0n) is 12.5. The van der Waals surface area contributed by atoms with Gasteiger partial charge in [0.15, 0.2) is 0 Å². The minimum Gasteiger partial charge on any atom is -0.397 e. The molecule has 0 aliphatic rings. The molecule has 0 saturated heterocycles. The van der Waals surface area contributed by atoms with Crippen LogP contribution in [0.4, 0.5) is 37.7 Å². The van der Waals surface area contributed by atoms with Gasteiger partial charge in [0.1, 0.15) is 10.6 Å². The quantitative estimate of drug-likeness (QED) is 0.466. The Morgan fingerprint density at radius 1 is 0.769 bits per heavy atom. The lowest BCUT2D eigenvalue weighted by atomic mass is 10.1. The Morgan fingerprint density at radius 3 is 1.69 bits per heavy atom. The molecule has 2 aromatic rings. The molecule has 0 amide bonds. The number of halogens is 6. The Balaban J connectivity index is 2.52. The van der Waals surface area contributed by atoms with Crippen LogP contribution in [-0.4, -0.2) is 8.42 Å². The lowest BCUT2D eigenvalue weighted by molar-refractivity contribution is -0.143. The fourth-order valence-electron chi connectivity index (χ4n) is 1.86. The minimum atomic E-state index is -5.14. The van der Waals surface area contributed by atoms with E-state index in [9.17, 15) is 34.8 Å². The Kier molecular flexibility index (Phi) is 4.75. The summed E-state index contributed by atoms with van der Waals surface area (Å²) < 4.78 is 105. The van der Waals surface area contributed by atoms with E-state index in [1.165, 1.54) is 0 Å². The van der Waals surface area contributed by atoms with Gasteiger partial charge < -0.3 is 15.7 Å². The van der Waals surface area contributed by atoms with Gasteiger partial charge in [-0.15, -0.1) is 0 Å². The molecule has 2 aromatic carbocycles.